The lowest BCUT2D eigenvalue weighted by molar-refractivity contribution is 0.657. The molecule has 22 heavy (non-hydrogen) atoms. The lowest BCUT2D eigenvalue weighted by atomic mass is 9.77. The number of fused-ring (bicyclic) bond motifs is 3. The maximum absolute atomic E-state index is 2.36. The van der Waals surface area contributed by atoms with Crippen LogP contribution in [0.3, 0.4) is 0 Å². The molecule has 0 heteroatoms. The van der Waals surface area contributed by atoms with Crippen LogP contribution in [0.4, 0.5) is 0 Å². The molecule has 3 aromatic carbocycles. The van der Waals surface area contributed by atoms with Gasteiger partial charge in [-0.05, 0) is 45.9 Å². The second-order valence-electron chi connectivity index (χ2n) is 6.72. The van der Waals surface area contributed by atoms with E-state index in [1.165, 1.54) is 38.9 Å². The second kappa shape index (κ2) is 4.58. The van der Waals surface area contributed by atoms with Gasteiger partial charge in [-0.1, -0.05) is 80.6 Å². The van der Waals surface area contributed by atoms with Crippen molar-refractivity contribution in [1.82, 2.24) is 0 Å². The van der Waals surface area contributed by atoms with Crippen molar-refractivity contribution >= 4 is 0 Å². The molecular weight excluding hydrogens is 264 g/mol. The normalized spacial score (nSPS) is 14.5. The smallest absolute Gasteiger partial charge is 0.0167 e. The summed E-state index contributed by atoms with van der Waals surface area (Å²) >= 11 is 0. The van der Waals surface area contributed by atoms with Crippen molar-refractivity contribution < 1.29 is 0 Å². The second-order valence-corrected chi connectivity index (χ2v) is 6.72. The molecule has 0 radical (unpaired) electrons. The molecule has 1 aliphatic rings. The van der Waals surface area contributed by atoms with Crippen molar-refractivity contribution in [3.05, 3.63) is 83.4 Å². The maximum atomic E-state index is 2.36. The summed E-state index contributed by atoms with van der Waals surface area (Å²) in [6.45, 7) is 6.95. The fraction of sp³-hybridized carbons (Fsp3) is 0.182. The summed E-state index contributed by atoms with van der Waals surface area (Å²) in [5.41, 5.74) is 9.83. The largest absolute Gasteiger partial charge is 0.0622 e. The van der Waals surface area contributed by atoms with Gasteiger partial charge in [0.2, 0.25) is 0 Å². The summed E-state index contributed by atoms with van der Waals surface area (Å²) in [5, 5.41) is 0. The molecule has 0 bridgehead atoms. The Morgan fingerprint density at radius 1 is 0.591 bits per heavy atom. The Morgan fingerprint density at radius 3 is 1.91 bits per heavy atom. The molecule has 0 aliphatic heterocycles. The SMILES string of the molecule is Cc1cccc2c1C(C)(C)c1c(-c3ccccc3)cccc1-2. The Bertz CT molecular complexity index is 854. The predicted octanol–water partition coefficient (Wildman–Crippen LogP) is 5.97. The van der Waals surface area contributed by atoms with Crippen molar-refractivity contribution in [1.29, 1.82) is 0 Å². The molecule has 0 N–H and O–H groups in total. The van der Waals surface area contributed by atoms with Crippen LogP contribution in [0.25, 0.3) is 22.3 Å². The van der Waals surface area contributed by atoms with E-state index in [1.807, 2.05) is 0 Å². The summed E-state index contributed by atoms with van der Waals surface area (Å²) in [5.74, 6) is 0. The molecule has 1 aliphatic carbocycles. The van der Waals surface area contributed by atoms with Crippen molar-refractivity contribution in [2.75, 3.05) is 0 Å². The molecule has 108 valence electrons. The van der Waals surface area contributed by atoms with Gasteiger partial charge in [0.25, 0.3) is 0 Å². The number of benzene rings is 3. The van der Waals surface area contributed by atoms with Gasteiger partial charge in [0, 0.05) is 5.41 Å². The molecule has 0 atom stereocenters. The number of rotatable bonds is 1. The highest BCUT2D eigenvalue weighted by Crippen LogP contribution is 2.52. The molecule has 0 nitrogen and oxygen atoms in total. The Hall–Kier alpha value is -2.34. The molecule has 4 rings (SSSR count). The van der Waals surface area contributed by atoms with Crippen LogP contribution in [-0.4, -0.2) is 0 Å². The molecule has 3 aromatic rings. The third-order valence-corrected chi connectivity index (χ3v) is 4.96. The van der Waals surface area contributed by atoms with E-state index in [-0.39, 0.29) is 5.41 Å². The molecule has 0 aromatic heterocycles. The van der Waals surface area contributed by atoms with Crippen LogP contribution in [0.5, 0.6) is 0 Å². The van der Waals surface area contributed by atoms with Crippen molar-refractivity contribution in [2.24, 2.45) is 0 Å². The van der Waals surface area contributed by atoms with Gasteiger partial charge < -0.3 is 0 Å². The molecule has 0 amide bonds. The van der Waals surface area contributed by atoms with Crippen molar-refractivity contribution in [3.8, 4) is 22.3 Å². The van der Waals surface area contributed by atoms with Gasteiger partial charge in [0.15, 0.2) is 0 Å². The summed E-state index contributed by atoms with van der Waals surface area (Å²) in [7, 11) is 0. The van der Waals surface area contributed by atoms with Crippen LogP contribution in [0.15, 0.2) is 66.7 Å². The highest BCUT2D eigenvalue weighted by atomic mass is 14.4. The van der Waals surface area contributed by atoms with Crippen LogP contribution in [0, 0.1) is 6.92 Å². The highest BCUT2D eigenvalue weighted by Gasteiger charge is 2.38. The van der Waals surface area contributed by atoms with Crippen LogP contribution in [-0.2, 0) is 5.41 Å². The number of hydrogen-bond acceptors (Lipinski definition) is 0. The fourth-order valence-corrected chi connectivity index (χ4v) is 4.16. The zero-order valence-electron chi connectivity index (χ0n) is 13.4. The zero-order valence-corrected chi connectivity index (χ0v) is 13.4. The third-order valence-electron chi connectivity index (χ3n) is 4.96. The van der Waals surface area contributed by atoms with Gasteiger partial charge in [0.05, 0.1) is 0 Å². The minimum atomic E-state index is 0.0441. The Kier molecular flexibility index (Phi) is 2.77. The van der Waals surface area contributed by atoms with E-state index in [4.69, 9.17) is 0 Å². The standard InChI is InChI=1S/C22H20/c1-15-9-7-13-18-19-14-8-12-17(16-10-5-4-6-11-16)21(19)22(2,3)20(15)18/h4-14H,1-3H3. The Morgan fingerprint density at radius 2 is 1.18 bits per heavy atom. The van der Waals surface area contributed by atoms with E-state index in [2.05, 4.69) is 87.5 Å². The summed E-state index contributed by atoms with van der Waals surface area (Å²) in [6, 6.07) is 24.1. The third kappa shape index (κ3) is 1.70. The molecular formula is C22H20. The van der Waals surface area contributed by atoms with Crippen LogP contribution >= 0.6 is 0 Å². The van der Waals surface area contributed by atoms with Gasteiger partial charge in [-0.25, -0.2) is 0 Å². The van der Waals surface area contributed by atoms with Gasteiger partial charge in [-0.2, -0.15) is 0 Å². The summed E-state index contributed by atoms with van der Waals surface area (Å²) < 4.78 is 0. The monoisotopic (exact) mass is 284 g/mol. The molecule has 0 unspecified atom stereocenters. The Balaban J connectivity index is 2.07. The van der Waals surface area contributed by atoms with Gasteiger partial charge in [-0.3, -0.25) is 0 Å². The highest BCUT2D eigenvalue weighted by molar-refractivity contribution is 5.88. The lowest BCUT2D eigenvalue weighted by Gasteiger charge is -2.25. The van der Waals surface area contributed by atoms with E-state index in [1.54, 1.807) is 0 Å². The molecule has 0 fully saturated rings. The molecule has 0 saturated carbocycles. The van der Waals surface area contributed by atoms with Gasteiger partial charge >= 0.3 is 0 Å². The molecule has 0 spiro atoms. The van der Waals surface area contributed by atoms with E-state index in [0.717, 1.165) is 0 Å². The molecule has 0 heterocycles. The number of hydrogen-bond donors (Lipinski definition) is 0. The first-order chi connectivity index (χ1) is 10.6. The average Bonchev–Trinajstić information content (AvgIpc) is 2.78. The van der Waals surface area contributed by atoms with Gasteiger partial charge in [0.1, 0.15) is 0 Å². The first kappa shape index (κ1) is 13.3. The van der Waals surface area contributed by atoms with E-state index in [0.29, 0.717) is 0 Å². The van der Waals surface area contributed by atoms with E-state index < -0.39 is 0 Å². The zero-order chi connectivity index (χ0) is 15.3. The van der Waals surface area contributed by atoms with E-state index in [9.17, 15) is 0 Å². The fourth-order valence-electron chi connectivity index (χ4n) is 4.16. The minimum Gasteiger partial charge on any atom is -0.0622 e. The first-order valence-corrected chi connectivity index (χ1v) is 7.90. The van der Waals surface area contributed by atoms with Crippen LogP contribution in [0.1, 0.15) is 30.5 Å². The quantitative estimate of drug-likeness (QED) is 0.516. The average molecular weight is 284 g/mol. The van der Waals surface area contributed by atoms with Crippen molar-refractivity contribution in [2.45, 2.75) is 26.2 Å². The lowest BCUT2D eigenvalue weighted by Crippen LogP contribution is -2.17. The van der Waals surface area contributed by atoms with E-state index >= 15 is 0 Å². The van der Waals surface area contributed by atoms with Gasteiger partial charge in [-0.15, -0.1) is 0 Å². The van der Waals surface area contributed by atoms with Crippen LogP contribution in [0.2, 0.25) is 0 Å². The minimum absolute atomic E-state index is 0.0441. The summed E-state index contributed by atoms with van der Waals surface area (Å²) in [6.07, 6.45) is 0. The first-order valence-electron chi connectivity index (χ1n) is 7.90. The Labute approximate surface area is 132 Å². The van der Waals surface area contributed by atoms with Crippen molar-refractivity contribution in [3.63, 3.8) is 0 Å². The predicted molar refractivity (Wildman–Crippen MR) is 94.2 cm³/mol. The maximum Gasteiger partial charge on any atom is 0.0167 e. The van der Waals surface area contributed by atoms with Crippen LogP contribution < -0.4 is 0 Å². The summed E-state index contributed by atoms with van der Waals surface area (Å²) in [4.78, 5) is 0. The topological polar surface area (TPSA) is 0 Å². The number of aryl methyl sites for hydroxylation is 1. The molecule has 0 saturated heterocycles.